The number of nitrogens with zero attached hydrogens (tertiary/aromatic N) is 2. The van der Waals surface area contributed by atoms with E-state index in [4.69, 9.17) is 0 Å². The number of aromatic nitrogens is 1. The van der Waals surface area contributed by atoms with E-state index in [-0.39, 0.29) is 18.4 Å². The van der Waals surface area contributed by atoms with Gasteiger partial charge >= 0.3 is 0 Å². The quantitative estimate of drug-likeness (QED) is 0.868. The van der Waals surface area contributed by atoms with Crippen LogP contribution in [0.3, 0.4) is 0 Å². The van der Waals surface area contributed by atoms with Crippen LogP contribution in [0.15, 0.2) is 30.3 Å². The maximum atomic E-state index is 11.6. The Bertz CT molecular complexity index is 628. The minimum absolute atomic E-state index is 0.00395. The summed E-state index contributed by atoms with van der Waals surface area (Å²) in [7, 11) is 3.29. The highest BCUT2D eigenvalue weighted by Crippen LogP contribution is 2.22. The second-order valence-electron chi connectivity index (χ2n) is 4.36. The van der Waals surface area contributed by atoms with E-state index in [1.165, 1.54) is 22.3 Å². The maximum Gasteiger partial charge on any atom is 0.244 e. The third-order valence-electron chi connectivity index (χ3n) is 2.60. The van der Waals surface area contributed by atoms with E-state index in [1.807, 2.05) is 24.3 Å². The first-order valence-corrected chi connectivity index (χ1v) is 6.89. The highest BCUT2D eigenvalue weighted by atomic mass is 32.1. The Morgan fingerprint density at radius 1 is 1.35 bits per heavy atom. The van der Waals surface area contributed by atoms with E-state index >= 15 is 0 Å². The predicted octanol–water partition coefficient (Wildman–Crippen LogP) is 1.51. The number of carbonyl (C=O) groups is 2. The van der Waals surface area contributed by atoms with Crippen molar-refractivity contribution in [3.05, 3.63) is 35.3 Å². The van der Waals surface area contributed by atoms with Crippen molar-refractivity contribution in [1.82, 2.24) is 15.2 Å². The summed E-state index contributed by atoms with van der Waals surface area (Å²) in [4.78, 5) is 28.7. The van der Waals surface area contributed by atoms with Gasteiger partial charge < -0.3 is 10.2 Å². The lowest BCUT2D eigenvalue weighted by Gasteiger charge is -2.09. The van der Waals surface area contributed by atoms with Gasteiger partial charge in [0.15, 0.2) is 0 Å². The molecule has 0 atom stereocenters. The molecule has 20 heavy (non-hydrogen) atoms. The summed E-state index contributed by atoms with van der Waals surface area (Å²) < 4.78 is 1.08. The van der Waals surface area contributed by atoms with Crippen molar-refractivity contribution in [2.75, 3.05) is 20.6 Å². The molecular formula is C14H15N3O2S. The zero-order valence-electron chi connectivity index (χ0n) is 11.3. The Labute approximate surface area is 120 Å². The average molecular weight is 289 g/mol. The van der Waals surface area contributed by atoms with Crippen molar-refractivity contribution >= 4 is 39.4 Å². The van der Waals surface area contributed by atoms with Crippen LogP contribution >= 0.6 is 11.3 Å². The summed E-state index contributed by atoms with van der Waals surface area (Å²) in [6, 6.07) is 7.79. The van der Waals surface area contributed by atoms with Gasteiger partial charge in [-0.05, 0) is 18.2 Å². The molecule has 1 heterocycles. The number of fused-ring (bicyclic) bond motifs is 1. The zero-order chi connectivity index (χ0) is 14.5. The van der Waals surface area contributed by atoms with Crippen LogP contribution in [-0.4, -0.2) is 42.3 Å². The second-order valence-corrected chi connectivity index (χ2v) is 5.42. The lowest BCUT2D eigenvalue weighted by molar-refractivity contribution is -0.129. The molecule has 0 fully saturated rings. The Morgan fingerprint density at radius 2 is 2.10 bits per heavy atom. The molecule has 0 saturated carbocycles. The lowest BCUT2D eigenvalue weighted by Crippen LogP contribution is -2.35. The Balaban J connectivity index is 1.95. The third kappa shape index (κ3) is 3.64. The van der Waals surface area contributed by atoms with Crippen LogP contribution in [0.1, 0.15) is 5.01 Å². The number of benzene rings is 1. The van der Waals surface area contributed by atoms with Crippen LogP contribution in [0.2, 0.25) is 0 Å². The van der Waals surface area contributed by atoms with Crippen molar-refractivity contribution in [2.24, 2.45) is 0 Å². The smallest absolute Gasteiger partial charge is 0.244 e. The maximum absolute atomic E-state index is 11.6. The number of likely N-dealkylation sites (N-methyl/N-ethyl adjacent to an activating group) is 1. The van der Waals surface area contributed by atoms with E-state index in [9.17, 15) is 9.59 Å². The molecule has 104 valence electrons. The molecule has 2 aromatic rings. The number of rotatable bonds is 4. The molecule has 1 aromatic carbocycles. The summed E-state index contributed by atoms with van der Waals surface area (Å²) in [6.07, 6.45) is 3.04. The van der Waals surface area contributed by atoms with E-state index < -0.39 is 0 Å². The van der Waals surface area contributed by atoms with Crippen LogP contribution in [0.25, 0.3) is 16.3 Å². The zero-order valence-corrected chi connectivity index (χ0v) is 12.1. The first-order chi connectivity index (χ1) is 9.56. The topological polar surface area (TPSA) is 62.3 Å². The third-order valence-corrected chi connectivity index (χ3v) is 3.60. The summed E-state index contributed by atoms with van der Waals surface area (Å²) in [5, 5.41) is 3.29. The number of thiazole rings is 1. The summed E-state index contributed by atoms with van der Waals surface area (Å²) >= 11 is 1.52. The highest BCUT2D eigenvalue weighted by molar-refractivity contribution is 7.19. The van der Waals surface area contributed by atoms with Crippen molar-refractivity contribution in [2.45, 2.75) is 0 Å². The second kappa shape index (κ2) is 6.29. The van der Waals surface area contributed by atoms with E-state index in [1.54, 1.807) is 20.2 Å². The fourth-order valence-electron chi connectivity index (χ4n) is 1.49. The molecule has 0 unspecified atom stereocenters. The molecule has 0 saturated heterocycles. The number of hydrogen-bond donors (Lipinski definition) is 1. The van der Waals surface area contributed by atoms with Gasteiger partial charge in [0.1, 0.15) is 5.01 Å². The average Bonchev–Trinajstić information content (AvgIpc) is 2.85. The molecule has 0 aliphatic rings. The Hall–Kier alpha value is -2.21. The summed E-state index contributed by atoms with van der Waals surface area (Å²) in [6.45, 7) is -0.00395. The molecule has 0 radical (unpaired) electrons. The largest absolute Gasteiger partial charge is 0.347 e. The molecule has 2 rings (SSSR count). The van der Waals surface area contributed by atoms with Crippen LogP contribution in [0, 0.1) is 0 Å². The molecule has 5 nitrogen and oxygen atoms in total. The number of nitrogens with one attached hydrogen (secondary N) is 1. The predicted molar refractivity (Wildman–Crippen MR) is 80.4 cm³/mol. The van der Waals surface area contributed by atoms with Gasteiger partial charge in [0.05, 0.1) is 16.8 Å². The van der Waals surface area contributed by atoms with Crippen LogP contribution in [0.4, 0.5) is 0 Å². The number of carbonyl (C=O) groups excluding carboxylic acids is 2. The standard InChI is InChI=1S/C14H15N3O2S/c1-17(2)14(19)9-15-12(18)7-8-13-16-10-5-3-4-6-11(10)20-13/h3-8H,9H2,1-2H3,(H,15,18)/b8-7+. The van der Waals surface area contributed by atoms with Crippen molar-refractivity contribution in [3.8, 4) is 0 Å². The molecule has 1 N–H and O–H groups in total. The van der Waals surface area contributed by atoms with Gasteiger partial charge in [0.2, 0.25) is 11.8 Å². The number of amides is 2. The first kappa shape index (κ1) is 14.2. The summed E-state index contributed by atoms with van der Waals surface area (Å²) in [5.74, 6) is -0.453. The van der Waals surface area contributed by atoms with Crippen molar-refractivity contribution < 1.29 is 9.59 Å². The number of para-hydroxylation sites is 1. The van der Waals surface area contributed by atoms with Crippen molar-refractivity contribution in [3.63, 3.8) is 0 Å². The van der Waals surface area contributed by atoms with E-state index in [0.717, 1.165) is 15.2 Å². The molecule has 2 amide bonds. The van der Waals surface area contributed by atoms with Gasteiger partial charge in [0.25, 0.3) is 0 Å². The normalized spacial score (nSPS) is 10.9. The molecule has 0 aliphatic heterocycles. The summed E-state index contributed by atoms with van der Waals surface area (Å²) in [5.41, 5.74) is 0.917. The fraction of sp³-hybridized carbons (Fsp3) is 0.214. The van der Waals surface area contributed by atoms with E-state index in [2.05, 4.69) is 10.3 Å². The van der Waals surface area contributed by atoms with Gasteiger partial charge in [-0.25, -0.2) is 4.98 Å². The van der Waals surface area contributed by atoms with E-state index in [0.29, 0.717) is 0 Å². The Kier molecular flexibility index (Phi) is 4.47. The van der Waals surface area contributed by atoms with Gasteiger partial charge in [-0.15, -0.1) is 11.3 Å². The van der Waals surface area contributed by atoms with Crippen LogP contribution < -0.4 is 5.32 Å². The minimum atomic E-state index is -0.306. The monoisotopic (exact) mass is 289 g/mol. The first-order valence-electron chi connectivity index (χ1n) is 6.08. The van der Waals surface area contributed by atoms with Crippen LogP contribution in [-0.2, 0) is 9.59 Å². The highest BCUT2D eigenvalue weighted by Gasteiger charge is 2.05. The van der Waals surface area contributed by atoms with Gasteiger partial charge in [-0.2, -0.15) is 0 Å². The van der Waals surface area contributed by atoms with Crippen molar-refractivity contribution in [1.29, 1.82) is 0 Å². The van der Waals surface area contributed by atoms with Crippen LogP contribution in [0.5, 0.6) is 0 Å². The molecule has 0 aliphatic carbocycles. The molecule has 0 spiro atoms. The SMILES string of the molecule is CN(C)C(=O)CNC(=O)/C=C/c1nc2ccccc2s1. The number of hydrogen-bond acceptors (Lipinski definition) is 4. The molecule has 1 aromatic heterocycles. The fourth-order valence-corrected chi connectivity index (χ4v) is 2.36. The molecule has 6 heteroatoms. The molecular weight excluding hydrogens is 274 g/mol. The minimum Gasteiger partial charge on any atom is -0.347 e. The van der Waals surface area contributed by atoms with Gasteiger partial charge in [-0.1, -0.05) is 12.1 Å². The Morgan fingerprint density at radius 3 is 2.80 bits per heavy atom. The molecule has 0 bridgehead atoms. The van der Waals surface area contributed by atoms with Gasteiger partial charge in [0, 0.05) is 20.2 Å². The lowest BCUT2D eigenvalue weighted by atomic mass is 10.3. The van der Waals surface area contributed by atoms with Gasteiger partial charge in [-0.3, -0.25) is 9.59 Å².